The Hall–Kier alpha value is -1.51. The fourth-order valence-electron chi connectivity index (χ4n) is 2.17. The first-order chi connectivity index (χ1) is 9.31. The van der Waals surface area contributed by atoms with Gasteiger partial charge in [0, 0.05) is 18.7 Å². The number of aryl methyl sites for hydroxylation is 2. The third kappa shape index (κ3) is 2.97. The maximum absolute atomic E-state index is 12.3. The molecule has 0 saturated carbocycles. The molecule has 1 aliphatic heterocycles. The molecule has 1 atom stereocenters. The number of hydrogen-bond acceptors (Lipinski definition) is 5. The van der Waals surface area contributed by atoms with E-state index in [9.17, 15) is 18.5 Å². The minimum Gasteiger partial charge on any atom is -0.315 e. The highest BCUT2D eigenvalue weighted by Gasteiger charge is 2.29. The molecular formula is C12H17N3O4S. The van der Waals surface area contributed by atoms with Gasteiger partial charge in [0.25, 0.3) is 5.69 Å². The highest BCUT2D eigenvalue weighted by Crippen LogP contribution is 2.27. The number of nitrogens with one attached hydrogen (secondary N) is 2. The molecule has 1 fully saturated rings. The van der Waals surface area contributed by atoms with Gasteiger partial charge in [-0.1, -0.05) is 0 Å². The van der Waals surface area contributed by atoms with Crippen molar-refractivity contribution in [1.82, 2.24) is 10.0 Å². The molecule has 1 heterocycles. The molecule has 0 amide bonds. The molecular weight excluding hydrogens is 282 g/mol. The highest BCUT2D eigenvalue weighted by molar-refractivity contribution is 7.89. The summed E-state index contributed by atoms with van der Waals surface area (Å²) in [4.78, 5) is 10.1. The summed E-state index contributed by atoms with van der Waals surface area (Å²) in [6.45, 7) is 4.72. The van der Waals surface area contributed by atoms with E-state index in [1.807, 2.05) is 0 Å². The molecule has 2 N–H and O–H groups in total. The zero-order valence-corrected chi connectivity index (χ0v) is 12.2. The second-order valence-corrected chi connectivity index (χ2v) is 6.65. The van der Waals surface area contributed by atoms with Crippen LogP contribution < -0.4 is 10.0 Å². The Balaban J connectivity index is 2.44. The van der Waals surface area contributed by atoms with Crippen molar-refractivity contribution in [2.24, 2.45) is 0 Å². The molecule has 20 heavy (non-hydrogen) atoms. The summed E-state index contributed by atoms with van der Waals surface area (Å²) in [7, 11) is -3.89. The molecule has 2 rings (SSSR count). The fourth-order valence-corrected chi connectivity index (χ4v) is 3.68. The van der Waals surface area contributed by atoms with Crippen LogP contribution in [-0.2, 0) is 10.0 Å². The first kappa shape index (κ1) is 14.9. The number of benzene rings is 1. The molecule has 0 bridgehead atoms. The van der Waals surface area contributed by atoms with Gasteiger partial charge in [-0.3, -0.25) is 10.1 Å². The van der Waals surface area contributed by atoms with Crippen molar-refractivity contribution in [2.45, 2.75) is 31.2 Å². The van der Waals surface area contributed by atoms with Gasteiger partial charge in [0.05, 0.1) is 4.92 Å². The molecule has 1 aromatic carbocycles. The van der Waals surface area contributed by atoms with Crippen LogP contribution in [0, 0.1) is 24.0 Å². The van der Waals surface area contributed by atoms with Crippen LogP contribution in [0.15, 0.2) is 17.0 Å². The summed E-state index contributed by atoms with van der Waals surface area (Å²) in [5, 5.41) is 14.1. The van der Waals surface area contributed by atoms with Gasteiger partial charge in [0.2, 0.25) is 10.0 Å². The van der Waals surface area contributed by atoms with Crippen LogP contribution >= 0.6 is 0 Å². The minimum atomic E-state index is -3.89. The lowest BCUT2D eigenvalue weighted by molar-refractivity contribution is -0.387. The quantitative estimate of drug-likeness (QED) is 0.634. The normalized spacial score (nSPS) is 19.2. The Morgan fingerprint density at radius 1 is 1.35 bits per heavy atom. The summed E-state index contributed by atoms with van der Waals surface area (Å²) < 4.78 is 27.2. The molecule has 0 unspecified atom stereocenters. The molecule has 0 spiro atoms. The van der Waals surface area contributed by atoms with Crippen molar-refractivity contribution in [1.29, 1.82) is 0 Å². The Morgan fingerprint density at radius 2 is 2.00 bits per heavy atom. The molecule has 1 aromatic rings. The van der Waals surface area contributed by atoms with Gasteiger partial charge in [-0.2, -0.15) is 0 Å². The molecule has 7 nitrogen and oxygen atoms in total. The van der Waals surface area contributed by atoms with E-state index in [-0.39, 0.29) is 16.6 Å². The van der Waals surface area contributed by atoms with Crippen molar-refractivity contribution in [3.63, 3.8) is 0 Å². The fraction of sp³-hybridized carbons (Fsp3) is 0.500. The zero-order valence-electron chi connectivity index (χ0n) is 11.3. The van der Waals surface area contributed by atoms with Gasteiger partial charge in [-0.05, 0) is 44.0 Å². The number of sulfonamides is 1. The third-order valence-electron chi connectivity index (χ3n) is 3.44. The summed E-state index contributed by atoms with van der Waals surface area (Å²) in [6, 6.07) is 2.44. The average Bonchev–Trinajstić information content (AvgIpc) is 2.83. The van der Waals surface area contributed by atoms with E-state index >= 15 is 0 Å². The van der Waals surface area contributed by atoms with Gasteiger partial charge >= 0.3 is 0 Å². The molecule has 8 heteroatoms. The lowest BCUT2D eigenvalue weighted by Crippen LogP contribution is -2.36. The summed E-state index contributed by atoms with van der Waals surface area (Å²) in [5.74, 6) is 0. The summed E-state index contributed by atoms with van der Waals surface area (Å²) >= 11 is 0. The van der Waals surface area contributed by atoms with Gasteiger partial charge in [0.15, 0.2) is 4.90 Å². The summed E-state index contributed by atoms with van der Waals surface area (Å²) in [5.41, 5.74) is 1.02. The molecule has 1 aliphatic rings. The van der Waals surface area contributed by atoms with Crippen LogP contribution in [0.2, 0.25) is 0 Å². The van der Waals surface area contributed by atoms with Crippen LogP contribution in [0.4, 0.5) is 5.69 Å². The van der Waals surface area contributed by atoms with E-state index in [2.05, 4.69) is 10.0 Å². The SMILES string of the molecule is Cc1cc([N+](=O)[O-])c(S(=O)(=O)N[C@H]2CCNC2)cc1C. The second-order valence-electron chi connectivity index (χ2n) is 4.97. The first-order valence-corrected chi connectivity index (χ1v) is 7.78. The minimum absolute atomic E-state index is 0.221. The van der Waals surface area contributed by atoms with E-state index < -0.39 is 14.9 Å². The van der Waals surface area contributed by atoms with Crippen LogP contribution in [0.25, 0.3) is 0 Å². The zero-order chi connectivity index (χ0) is 14.9. The van der Waals surface area contributed by atoms with E-state index in [4.69, 9.17) is 0 Å². The standard InChI is InChI=1S/C12H17N3O4S/c1-8-5-11(15(16)17)12(6-9(8)2)20(18,19)14-10-3-4-13-7-10/h5-6,10,13-14H,3-4,7H2,1-2H3/t10-/m0/s1. The van der Waals surface area contributed by atoms with Gasteiger partial charge in [-0.15, -0.1) is 0 Å². The Kier molecular flexibility index (Phi) is 4.07. The third-order valence-corrected chi connectivity index (χ3v) is 4.99. The highest BCUT2D eigenvalue weighted by atomic mass is 32.2. The van der Waals surface area contributed by atoms with Crippen LogP contribution in [-0.4, -0.2) is 32.5 Å². The van der Waals surface area contributed by atoms with E-state index in [0.29, 0.717) is 24.1 Å². The molecule has 1 saturated heterocycles. The largest absolute Gasteiger partial charge is 0.315 e. The number of rotatable bonds is 4. The number of nitro groups is 1. The maximum Gasteiger partial charge on any atom is 0.289 e. The van der Waals surface area contributed by atoms with E-state index in [0.717, 1.165) is 6.54 Å². The maximum atomic E-state index is 12.3. The van der Waals surface area contributed by atoms with Crippen molar-refractivity contribution < 1.29 is 13.3 Å². The first-order valence-electron chi connectivity index (χ1n) is 6.30. The number of nitrogens with zero attached hydrogens (tertiary/aromatic N) is 1. The smallest absolute Gasteiger partial charge is 0.289 e. The molecule has 0 aliphatic carbocycles. The molecule has 0 radical (unpaired) electrons. The number of nitro benzene ring substituents is 1. The monoisotopic (exact) mass is 299 g/mol. The van der Waals surface area contributed by atoms with Crippen molar-refractivity contribution in [3.8, 4) is 0 Å². The average molecular weight is 299 g/mol. The number of hydrogen-bond donors (Lipinski definition) is 2. The van der Waals surface area contributed by atoms with Crippen LogP contribution in [0.1, 0.15) is 17.5 Å². The van der Waals surface area contributed by atoms with E-state index in [1.165, 1.54) is 12.1 Å². The van der Waals surface area contributed by atoms with E-state index in [1.54, 1.807) is 13.8 Å². The lowest BCUT2D eigenvalue weighted by atomic mass is 10.1. The van der Waals surface area contributed by atoms with Gasteiger partial charge in [0.1, 0.15) is 0 Å². The summed E-state index contributed by atoms with van der Waals surface area (Å²) in [6.07, 6.45) is 0.678. The predicted octanol–water partition coefficient (Wildman–Crippen LogP) is 0.852. The lowest BCUT2D eigenvalue weighted by Gasteiger charge is -2.13. The van der Waals surface area contributed by atoms with Gasteiger partial charge < -0.3 is 5.32 Å². The molecule has 110 valence electrons. The van der Waals surface area contributed by atoms with Crippen molar-refractivity contribution in [3.05, 3.63) is 33.4 Å². The van der Waals surface area contributed by atoms with Crippen molar-refractivity contribution >= 4 is 15.7 Å². The van der Waals surface area contributed by atoms with Crippen LogP contribution in [0.3, 0.4) is 0 Å². The van der Waals surface area contributed by atoms with Crippen LogP contribution in [0.5, 0.6) is 0 Å². The van der Waals surface area contributed by atoms with Crippen molar-refractivity contribution in [2.75, 3.05) is 13.1 Å². The second kappa shape index (κ2) is 5.47. The molecule has 0 aromatic heterocycles. The Labute approximate surface area is 117 Å². The Morgan fingerprint density at radius 3 is 2.55 bits per heavy atom. The predicted molar refractivity (Wildman–Crippen MR) is 74.2 cm³/mol. The van der Waals surface area contributed by atoms with Gasteiger partial charge in [-0.25, -0.2) is 13.1 Å². The Bertz CT molecular complexity index is 636. The topological polar surface area (TPSA) is 101 Å².